The molecule has 7 nitrogen and oxygen atoms in total. The molecule has 2 heterocycles. The topological polar surface area (TPSA) is 88.2 Å². The summed E-state index contributed by atoms with van der Waals surface area (Å²) in [5, 5.41) is 22.0. The Kier molecular flexibility index (Phi) is 6.50. The predicted molar refractivity (Wildman–Crippen MR) is 130 cm³/mol. The molecule has 0 saturated carbocycles. The van der Waals surface area contributed by atoms with Crippen molar-refractivity contribution < 1.29 is 5.11 Å². The third-order valence-electron chi connectivity index (χ3n) is 5.87. The molecule has 2 N–H and O–H groups in total. The number of nitroso groups, excluding NO2 is 1. The highest BCUT2D eigenvalue weighted by atomic mass is 32.1. The molecule has 0 radical (unpaired) electrons. The standard InChI is InChI=1S/C24H27N5O2S/c1-3-5-6-7-12-28-13-11-17-20(28)9-8-10-21(17)29-23(25-26-24(29)32)18-14-16(4-2)19(27-31)15-22(18)30/h8-11,13-15,30H,3-7,12H2,1-2H3,(H,26,32). The molecule has 2 aromatic heterocycles. The fourth-order valence-corrected chi connectivity index (χ4v) is 4.41. The number of hydrogen-bond acceptors (Lipinski definition) is 5. The molecule has 2 aromatic carbocycles. The van der Waals surface area contributed by atoms with Crippen molar-refractivity contribution in [3.05, 3.63) is 57.8 Å². The van der Waals surface area contributed by atoms with Crippen molar-refractivity contribution in [2.45, 2.75) is 52.5 Å². The Hall–Kier alpha value is -3.26. The molecule has 0 aliphatic heterocycles. The van der Waals surface area contributed by atoms with Crippen LogP contribution in [0.1, 0.15) is 45.1 Å². The Morgan fingerprint density at radius 1 is 1.16 bits per heavy atom. The van der Waals surface area contributed by atoms with Gasteiger partial charge in [-0.15, -0.1) is 4.91 Å². The number of unbranched alkanes of at least 4 members (excludes halogenated alkanes) is 3. The Labute approximate surface area is 191 Å². The zero-order valence-electron chi connectivity index (χ0n) is 18.3. The molecule has 0 aliphatic carbocycles. The first kappa shape index (κ1) is 22.0. The average Bonchev–Trinajstić information content (AvgIpc) is 3.40. The van der Waals surface area contributed by atoms with Gasteiger partial charge in [0.15, 0.2) is 10.6 Å². The molecule has 0 atom stereocenters. The molecular weight excluding hydrogens is 422 g/mol. The second-order valence-electron chi connectivity index (χ2n) is 7.91. The predicted octanol–water partition coefficient (Wildman–Crippen LogP) is 6.80. The number of H-pyrrole nitrogens is 1. The van der Waals surface area contributed by atoms with Crippen molar-refractivity contribution in [2.75, 3.05) is 0 Å². The van der Waals surface area contributed by atoms with Crippen LogP contribution >= 0.6 is 12.2 Å². The summed E-state index contributed by atoms with van der Waals surface area (Å²) < 4.78 is 4.54. The minimum absolute atomic E-state index is 0.0623. The molecular formula is C24H27N5O2S. The number of aryl methyl sites for hydroxylation is 2. The number of phenolic OH excluding ortho intramolecular Hbond substituents is 1. The molecule has 0 saturated heterocycles. The van der Waals surface area contributed by atoms with Gasteiger partial charge in [-0.2, -0.15) is 5.10 Å². The summed E-state index contributed by atoms with van der Waals surface area (Å²) in [6.45, 7) is 5.12. The Balaban J connectivity index is 1.82. The Morgan fingerprint density at radius 3 is 2.75 bits per heavy atom. The number of aromatic hydroxyl groups is 1. The van der Waals surface area contributed by atoms with E-state index in [9.17, 15) is 10.0 Å². The second kappa shape index (κ2) is 9.48. The van der Waals surface area contributed by atoms with E-state index in [1.165, 1.54) is 25.3 Å². The van der Waals surface area contributed by atoms with E-state index in [-0.39, 0.29) is 11.4 Å². The number of rotatable bonds is 9. The zero-order chi connectivity index (χ0) is 22.7. The van der Waals surface area contributed by atoms with E-state index in [4.69, 9.17) is 12.2 Å². The number of fused-ring (bicyclic) bond motifs is 1. The summed E-state index contributed by atoms with van der Waals surface area (Å²) in [6, 6.07) is 11.4. The van der Waals surface area contributed by atoms with Crippen LogP contribution in [0.15, 0.2) is 47.8 Å². The molecule has 4 aromatic rings. The van der Waals surface area contributed by atoms with Gasteiger partial charge in [-0.25, -0.2) is 0 Å². The molecule has 166 valence electrons. The molecule has 8 heteroatoms. The SMILES string of the molecule is CCCCCCn1ccc2c(-n3c(-c4cc(CC)c(N=O)cc4O)n[nH]c3=S)cccc21. The van der Waals surface area contributed by atoms with Crippen molar-refractivity contribution in [1.29, 1.82) is 0 Å². The van der Waals surface area contributed by atoms with Crippen LogP contribution in [0, 0.1) is 9.68 Å². The lowest BCUT2D eigenvalue weighted by atomic mass is 10.0. The maximum atomic E-state index is 11.1. The fraction of sp³-hybridized carbons (Fsp3) is 0.333. The quantitative estimate of drug-likeness (QED) is 0.167. The summed E-state index contributed by atoms with van der Waals surface area (Å²) in [7, 11) is 0. The Bertz CT molecular complexity index is 1320. The van der Waals surface area contributed by atoms with E-state index in [1.54, 1.807) is 6.07 Å². The minimum Gasteiger partial charge on any atom is -0.507 e. The number of hydrogen-bond donors (Lipinski definition) is 2. The highest BCUT2D eigenvalue weighted by Crippen LogP contribution is 2.37. The minimum atomic E-state index is -0.0623. The Morgan fingerprint density at radius 2 is 2.00 bits per heavy atom. The van der Waals surface area contributed by atoms with Gasteiger partial charge in [0.2, 0.25) is 0 Å². The first-order valence-electron chi connectivity index (χ1n) is 11.0. The highest BCUT2D eigenvalue weighted by molar-refractivity contribution is 7.71. The smallest absolute Gasteiger partial charge is 0.200 e. The maximum Gasteiger partial charge on any atom is 0.200 e. The molecule has 0 aliphatic rings. The van der Waals surface area contributed by atoms with Crippen LogP contribution in [0.5, 0.6) is 5.75 Å². The normalized spacial score (nSPS) is 11.3. The molecule has 4 rings (SSSR count). The van der Waals surface area contributed by atoms with E-state index < -0.39 is 0 Å². The van der Waals surface area contributed by atoms with Crippen LogP contribution in [0.25, 0.3) is 28.0 Å². The van der Waals surface area contributed by atoms with Crippen LogP contribution in [0.2, 0.25) is 0 Å². The lowest BCUT2D eigenvalue weighted by molar-refractivity contribution is 0.476. The van der Waals surface area contributed by atoms with E-state index in [0.29, 0.717) is 22.6 Å². The average molecular weight is 450 g/mol. The number of nitrogens with one attached hydrogen (secondary N) is 1. The van der Waals surface area contributed by atoms with E-state index in [1.807, 2.05) is 23.6 Å². The van der Waals surface area contributed by atoms with Gasteiger partial charge in [-0.1, -0.05) is 39.2 Å². The van der Waals surface area contributed by atoms with Gasteiger partial charge in [0.05, 0.1) is 16.8 Å². The molecule has 0 unspecified atom stereocenters. The summed E-state index contributed by atoms with van der Waals surface area (Å²) in [6.07, 6.45) is 7.55. The van der Waals surface area contributed by atoms with Crippen LogP contribution in [0.3, 0.4) is 0 Å². The summed E-state index contributed by atoms with van der Waals surface area (Å²) in [5.41, 5.74) is 3.49. The number of phenols is 1. The largest absolute Gasteiger partial charge is 0.507 e. The maximum absolute atomic E-state index is 11.1. The first-order chi connectivity index (χ1) is 15.6. The highest BCUT2D eigenvalue weighted by Gasteiger charge is 2.19. The number of nitrogens with zero attached hydrogens (tertiary/aromatic N) is 4. The summed E-state index contributed by atoms with van der Waals surface area (Å²) in [5.74, 6) is 0.426. The van der Waals surface area contributed by atoms with Gasteiger partial charge in [0.25, 0.3) is 0 Å². The van der Waals surface area contributed by atoms with Crippen LogP contribution in [-0.2, 0) is 13.0 Å². The second-order valence-corrected chi connectivity index (χ2v) is 8.30. The molecule has 0 spiro atoms. The monoisotopic (exact) mass is 449 g/mol. The van der Waals surface area contributed by atoms with Crippen LogP contribution in [0.4, 0.5) is 5.69 Å². The number of aromatic nitrogens is 4. The first-order valence-corrected chi connectivity index (χ1v) is 11.4. The van der Waals surface area contributed by atoms with Crippen LogP contribution in [-0.4, -0.2) is 24.4 Å². The van der Waals surface area contributed by atoms with E-state index in [2.05, 4.69) is 45.2 Å². The van der Waals surface area contributed by atoms with Gasteiger partial charge >= 0.3 is 0 Å². The van der Waals surface area contributed by atoms with Crippen molar-refractivity contribution in [3.8, 4) is 22.8 Å². The van der Waals surface area contributed by atoms with Gasteiger partial charge in [-0.3, -0.25) is 9.67 Å². The molecule has 0 fully saturated rings. The van der Waals surface area contributed by atoms with E-state index in [0.717, 1.165) is 35.1 Å². The van der Waals surface area contributed by atoms with Crippen molar-refractivity contribution in [1.82, 2.24) is 19.3 Å². The van der Waals surface area contributed by atoms with Crippen molar-refractivity contribution >= 4 is 28.8 Å². The number of aromatic amines is 1. The molecule has 0 bridgehead atoms. The zero-order valence-corrected chi connectivity index (χ0v) is 19.2. The van der Waals surface area contributed by atoms with Gasteiger partial charge in [0, 0.05) is 24.2 Å². The lowest BCUT2D eigenvalue weighted by Crippen LogP contribution is -2.00. The summed E-state index contributed by atoms with van der Waals surface area (Å²) in [4.78, 5) is 11.1. The van der Waals surface area contributed by atoms with Crippen LogP contribution < -0.4 is 0 Å². The number of benzene rings is 2. The molecule has 32 heavy (non-hydrogen) atoms. The third-order valence-corrected chi connectivity index (χ3v) is 6.15. The lowest BCUT2D eigenvalue weighted by Gasteiger charge is -2.12. The van der Waals surface area contributed by atoms with E-state index >= 15 is 0 Å². The third kappa shape index (κ3) is 3.98. The van der Waals surface area contributed by atoms with Gasteiger partial charge in [0.1, 0.15) is 11.4 Å². The van der Waals surface area contributed by atoms with Crippen molar-refractivity contribution in [2.24, 2.45) is 5.18 Å². The summed E-state index contributed by atoms with van der Waals surface area (Å²) >= 11 is 5.56. The molecule has 0 amide bonds. The van der Waals surface area contributed by atoms with Crippen molar-refractivity contribution in [3.63, 3.8) is 0 Å². The van der Waals surface area contributed by atoms with Gasteiger partial charge < -0.3 is 9.67 Å². The fourth-order valence-electron chi connectivity index (χ4n) is 4.18. The van der Waals surface area contributed by atoms with Gasteiger partial charge in [-0.05, 0) is 60.1 Å².